The van der Waals surface area contributed by atoms with Crippen LogP contribution in [0.4, 0.5) is 0 Å². The zero-order valence-electron chi connectivity index (χ0n) is 31.1. The normalized spacial score (nSPS) is 14.6. The van der Waals surface area contributed by atoms with Crippen molar-refractivity contribution in [1.82, 2.24) is 10.6 Å². The molecule has 4 N–H and O–H groups in total. The third kappa shape index (κ3) is 12.2. The van der Waals surface area contributed by atoms with Gasteiger partial charge in [0.25, 0.3) is 5.91 Å². The predicted octanol–water partition coefficient (Wildman–Crippen LogP) is 7.25. The van der Waals surface area contributed by atoms with Gasteiger partial charge in [0.2, 0.25) is 17.9 Å². The molecule has 2 unspecified atom stereocenters. The first-order valence-corrected chi connectivity index (χ1v) is 19.6. The second-order valence-electron chi connectivity index (χ2n) is 13.3. The summed E-state index contributed by atoms with van der Waals surface area (Å²) in [4.78, 5) is 51.5. The third-order valence-electron chi connectivity index (χ3n) is 9.13. The van der Waals surface area contributed by atoms with Gasteiger partial charge in [0.05, 0.1) is 29.8 Å². The van der Waals surface area contributed by atoms with Gasteiger partial charge in [-0.15, -0.1) is 0 Å². The topological polar surface area (TPSA) is 165 Å². The minimum Gasteiger partial charge on any atom is -0.492 e. The molecule has 1 aliphatic carbocycles. The number of esters is 1. The van der Waals surface area contributed by atoms with E-state index in [1.165, 1.54) is 40.4 Å². The smallest absolute Gasteiger partial charge is 0.351 e. The zero-order valence-corrected chi connectivity index (χ0v) is 34.3. The Morgan fingerprint density at radius 3 is 2.28 bits per heavy atom. The van der Waals surface area contributed by atoms with Crippen molar-refractivity contribution < 1.29 is 42.9 Å². The van der Waals surface area contributed by atoms with Crippen molar-refractivity contribution in [3.05, 3.63) is 85.8 Å². The summed E-state index contributed by atoms with van der Waals surface area (Å²) in [6, 6.07) is 14.2. The molecule has 3 aromatic carbocycles. The standard InChI is InChI=1S/C40H49Br2N3O9/c1-5-9-33(27-14-17-35(30(19-27)38(43)47)52-22-26-10-7-6-8-11-26)45-39(48)34(44-24(2)46)18-25-12-15-29(16-13-25)54-37(40(49)51-4)31-20-28(41)21-32(42)36(31)53-23-50-3/h12-17,19-21,26,33-34,37H,5-11,18,22-23H2,1-4H3,(H2,43,47)(H,44,46)(H,45,48)/t33?,34-,37?/m0/s1. The Kier molecular flexibility index (Phi) is 16.6. The first-order chi connectivity index (χ1) is 25.9. The van der Waals surface area contributed by atoms with Gasteiger partial charge < -0.3 is 40.1 Å². The summed E-state index contributed by atoms with van der Waals surface area (Å²) in [5, 5.41) is 5.85. The highest BCUT2D eigenvalue weighted by Gasteiger charge is 2.30. The average Bonchev–Trinajstić information content (AvgIpc) is 3.15. The van der Waals surface area contributed by atoms with Crippen LogP contribution in [0.1, 0.15) is 98.0 Å². The van der Waals surface area contributed by atoms with Crippen molar-refractivity contribution in [2.45, 2.75) is 83.4 Å². The van der Waals surface area contributed by atoms with Crippen LogP contribution in [0.3, 0.4) is 0 Å². The minimum atomic E-state index is -1.19. The van der Waals surface area contributed by atoms with Gasteiger partial charge in [-0.25, -0.2) is 4.79 Å². The summed E-state index contributed by atoms with van der Waals surface area (Å²) < 4.78 is 29.3. The molecule has 54 heavy (non-hydrogen) atoms. The first-order valence-electron chi connectivity index (χ1n) is 18.0. The molecule has 12 nitrogen and oxygen atoms in total. The number of primary amides is 1. The Balaban J connectivity index is 1.50. The van der Waals surface area contributed by atoms with Crippen LogP contribution in [0, 0.1) is 5.92 Å². The number of hydrogen-bond donors (Lipinski definition) is 3. The highest BCUT2D eigenvalue weighted by molar-refractivity contribution is 9.11. The summed E-state index contributed by atoms with van der Waals surface area (Å²) in [6.07, 6.45) is 6.12. The van der Waals surface area contributed by atoms with Gasteiger partial charge in [-0.05, 0) is 88.6 Å². The number of methoxy groups -OCH3 is 2. The van der Waals surface area contributed by atoms with Crippen LogP contribution in [-0.4, -0.2) is 57.4 Å². The molecule has 1 aliphatic rings. The second-order valence-corrected chi connectivity index (χ2v) is 15.0. The number of halogens is 2. The zero-order chi connectivity index (χ0) is 39.2. The van der Waals surface area contributed by atoms with Gasteiger partial charge in [-0.3, -0.25) is 14.4 Å². The van der Waals surface area contributed by atoms with Gasteiger partial charge in [0.15, 0.2) is 6.79 Å². The van der Waals surface area contributed by atoms with Gasteiger partial charge >= 0.3 is 5.97 Å². The van der Waals surface area contributed by atoms with Gasteiger partial charge in [-0.1, -0.05) is 66.7 Å². The molecule has 0 heterocycles. The maximum atomic E-state index is 13.8. The van der Waals surface area contributed by atoms with E-state index in [1.807, 2.05) is 13.0 Å². The van der Waals surface area contributed by atoms with E-state index in [0.29, 0.717) is 56.3 Å². The minimum absolute atomic E-state index is 0.0615. The largest absolute Gasteiger partial charge is 0.492 e. The Morgan fingerprint density at radius 2 is 1.65 bits per heavy atom. The van der Waals surface area contributed by atoms with Gasteiger partial charge in [-0.2, -0.15) is 0 Å². The molecule has 4 rings (SSSR count). The lowest BCUT2D eigenvalue weighted by atomic mass is 9.90. The maximum Gasteiger partial charge on any atom is 0.351 e. The van der Waals surface area contributed by atoms with Crippen molar-refractivity contribution in [1.29, 1.82) is 0 Å². The lowest BCUT2D eigenvalue weighted by molar-refractivity contribution is -0.149. The van der Waals surface area contributed by atoms with Crippen LogP contribution in [0.15, 0.2) is 63.5 Å². The van der Waals surface area contributed by atoms with E-state index in [0.717, 1.165) is 24.8 Å². The summed E-state index contributed by atoms with van der Waals surface area (Å²) in [5.41, 5.74) is 7.88. The molecule has 1 fully saturated rings. The molecule has 3 amide bonds. The Bertz CT molecular complexity index is 1750. The number of carbonyl (C=O) groups is 4. The molecule has 0 spiro atoms. The van der Waals surface area contributed by atoms with Gasteiger partial charge in [0.1, 0.15) is 23.3 Å². The van der Waals surface area contributed by atoms with Gasteiger partial charge in [0, 0.05) is 30.5 Å². The maximum absolute atomic E-state index is 13.8. The highest BCUT2D eigenvalue weighted by Crippen LogP contribution is 2.39. The molecule has 0 bridgehead atoms. The van der Waals surface area contributed by atoms with Crippen molar-refractivity contribution in [2.24, 2.45) is 11.7 Å². The monoisotopic (exact) mass is 873 g/mol. The van der Waals surface area contributed by atoms with Crippen LogP contribution in [0.25, 0.3) is 0 Å². The Morgan fingerprint density at radius 1 is 0.926 bits per heavy atom. The molecule has 1 saturated carbocycles. The van der Waals surface area contributed by atoms with Crippen molar-refractivity contribution in [2.75, 3.05) is 27.6 Å². The van der Waals surface area contributed by atoms with Crippen LogP contribution in [0.2, 0.25) is 0 Å². The molecule has 0 aromatic heterocycles. The Hall–Kier alpha value is -4.14. The predicted molar refractivity (Wildman–Crippen MR) is 210 cm³/mol. The quantitative estimate of drug-likeness (QED) is 0.0832. The third-order valence-corrected chi connectivity index (χ3v) is 10.2. The van der Waals surface area contributed by atoms with E-state index in [9.17, 15) is 19.2 Å². The summed E-state index contributed by atoms with van der Waals surface area (Å²) in [5.74, 6) is -0.439. The number of hydrogen-bond acceptors (Lipinski definition) is 9. The number of nitrogens with one attached hydrogen (secondary N) is 2. The molecular formula is C40H49Br2N3O9. The Labute approximate surface area is 333 Å². The van der Waals surface area contributed by atoms with Crippen LogP contribution in [-0.2, 0) is 30.3 Å². The molecule has 14 heteroatoms. The lowest BCUT2D eigenvalue weighted by Gasteiger charge is -2.25. The molecule has 292 valence electrons. The van der Waals surface area contributed by atoms with Crippen LogP contribution < -0.4 is 30.6 Å². The van der Waals surface area contributed by atoms with Crippen LogP contribution in [0.5, 0.6) is 17.2 Å². The molecule has 3 aromatic rings. The number of rotatable bonds is 19. The number of carbonyl (C=O) groups excluding carboxylic acids is 4. The summed E-state index contributed by atoms with van der Waals surface area (Å²) >= 11 is 6.93. The van der Waals surface area contributed by atoms with E-state index in [1.54, 1.807) is 48.5 Å². The number of benzene rings is 3. The fourth-order valence-electron chi connectivity index (χ4n) is 6.45. The first kappa shape index (κ1) is 42.6. The fraction of sp³-hybridized carbons (Fsp3) is 0.450. The summed E-state index contributed by atoms with van der Waals surface area (Å²) in [6.45, 7) is 3.82. The molecule has 0 saturated heterocycles. The van der Waals surface area contributed by atoms with E-state index >= 15 is 0 Å². The van der Waals surface area contributed by atoms with Crippen molar-refractivity contribution in [3.8, 4) is 17.2 Å². The number of ether oxygens (including phenoxy) is 5. The van der Waals surface area contributed by atoms with Crippen LogP contribution >= 0.6 is 31.9 Å². The highest BCUT2D eigenvalue weighted by atomic mass is 79.9. The van der Waals surface area contributed by atoms with E-state index in [4.69, 9.17) is 29.4 Å². The number of nitrogens with two attached hydrogens (primary N) is 1. The summed E-state index contributed by atoms with van der Waals surface area (Å²) in [7, 11) is 2.75. The fourth-order valence-corrected chi connectivity index (χ4v) is 7.82. The molecule has 3 atom stereocenters. The van der Waals surface area contributed by atoms with Crippen molar-refractivity contribution in [3.63, 3.8) is 0 Å². The average molecular weight is 876 g/mol. The molecule has 0 aliphatic heterocycles. The van der Waals surface area contributed by atoms with E-state index in [-0.39, 0.29) is 24.7 Å². The van der Waals surface area contributed by atoms with E-state index < -0.39 is 36.0 Å². The second kappa shape index (κ2) is 21.1. The molecular weight excluding hydrogens is 826 g/mol. The SMILES string of the molecule is CCCC(NC(=O)[C@H](Cc1ccc(OC(C(=O)OC)c2cc(Br)cc(Br)c2OCOC)cc1)NC(C)=O)c1ccc(OCC2CCCCC2)c(C(N)=O)c1. The number of amides is 3. The van der Waals surface area contributed by atoms with Crippen molar-refractivity contribution >= 4 is 55.6 Å². The lowest BCUT2D eigenvalue weighted by Crippen LogP contribution is -2.48. The van der Waals surface area contributed by atoms with E-state index in [2.05, 4.69) is 42.5 Å². The molecule has 0 radical (unpaired) electrons.